The molecule has 8 heteroatoms. The van der Waals surface area contributed by atoms with Gasteiger partial charge in [0.15, 0.2) is 16.6 Å². The van der Waals surface area contributed by atoms with Crippen molar-refractivity contribution in [2.45, 2.75) is 0 Å². The molecule has 1 aromatic carbocycles. The molecule has 0 saturated carbocycles. The molecule has 0 atom stereocenters. The summed E-state index contributed by atoms with van der Waals surface area (Å²) in [5.41, 5.74) is 0.525. The number of hydrogen-bond acceptors (Lipinski definition) is 7. The third-order valence-corrected chi connectivity index (χ3v) is 5.00. The Morgan fingerprint density at radius 2 is 1.68 bits per heavy atom. The van der Waals surface area contributed by atoms with E-state index in [9.17, 15) is 4.79 Å². The number of nitrogens with zero attached hydrogens (tertiary/aromatic N) is 3. The van der Waals surface area contributed by atoms with Crippen LogP contribution in [-0.4, -0.2) is 63.3 Å². The van der Waals surface area contributed by atoms with Crippen LogP contribution in [0, 0.1) is 0 Å². The molecule has 0 aliphatic carbocycles. The number of anilines is 1. The lowest BCUT2D eigenvalue weighted by molar-refractivity contribution is 0.0746. The zero-order chi connectivity index (χ0) is 17.8. The summed E-state index contributed by atoms with van der Waals surface area (Å²) in [4.78, 5) is 21.2. The van der Waals surface area contributed by atoms with E-state index in [1.54, 1.807) is 51.0 Å². The number of rotatable bonds is 5. The first-order valence-electron chi connectivity index (χ1n) is 7.91. The van der Waals surface area contributed by atoms with Gasteiger partial charge in [0.1, 0.15) is 0 Å². The molecule has 0 N–H and O–H groups in total. The molecule has 0 spiro atoms. The highest BCUT2D eigenvalue weighted by molar-refractivity contribution is 7.13. The van der Waals surface area contributed by atoms with E-state index in [1.807, 2.05) is 10.3 Å². The van der Waals surface area contributed by atoms with Gasteiger partial charge in [-0.2, -0.15) is 0 Å². The number of amides is 1. The maximum Gasteiger partial charge on any atom is 0.254 e. The summed E-state index contributed by atoms with van der Waals surface area (Å²) in [6, 6.07) is 3.38. The zero-order valence-electron chi connectivity index (χ0n) is 14.5. The summed E-state index contributed by atoms with van der Waals surface area (Å²) in [5.74, 6) is 1.39. The lowest BCUT2D eigenvalue weighted by Crippen LogP contribution is -2.48. The van der Waals surface area contributed by atoms with Gasteiger partial charge in [0, 0.05) is 43.3 Å². The van der Waals surface area contributed by atoms with Gasteiger partial charge >= 0.3 is 0 Å². The average molecular weight is 363 g/mol. The van der Waals surface area contributed by atoms with Crippen LogP contribution >= 0.6 is 11.3 Å². The maximum absolute atomic E-state index is 12.9. The van der Waals surface area contributed by atoms with Gasteiger partial charge in [-0.15, -0.1) is 11.3 Å². The quantitative estimate of drug-likeness (QED) is 0.811. The summed E-state index contributed by atoms with van der Waals surface area (Å²) < 4.78 is 16.0. The summed E-state index contributed by atoms with van der Waals surface area (Å²) >= 11 is 1.61. The van der Waals surface area contributed by atoms with Gasteiger partial charge in [-0.05, 0) is 12.1 Å². The first kappa shape index (κ1) is 17.3. The van der Waals surface area contributed by atoms with Crippen LogP contribution < -0.4 is 19.1 Å². The van der Waals surface area contributed by atoms with Crippen LogP contribution in [0.4, 0.5) is 5.13 Å². The van der Waals surface area contributed by atoms with E-state index >= 15 is 0 Å². The maximum atomic E-state index is 12.9. The van der Waals surface area contributed by atoms with Crippen LogP contribution in [-0.2, 0) is 0 Å². The third kappa shape index (κ3) is 3.48. The molecular weight excluding hydrogens is 342 g/mol. The van der Waals surface area contributed by atoms with Crippen LogP contribution in [0.25, 0.3) is 0 Å². The fraction of sp³-hybridized carbons (Fsp3) is 0.412. The number of piperazine rings is 1. The molecule has 1 aliphatic heterocycles. The standard InChI is InChI=1S/C17H21N3O4S/c1-22-13-10-12(11-14(23-2)15(13)24-3)16(21)19-5-7-20(8-6-19)17-18-4-9-25-17/h4,9-11H,5-8H2,1-3H3. The minimum absolute atomic E-state index is 0.0435. The second kappa shape index (κ2) is 7.60. The van der Waals surface area contributed by atoms with Crippen molar-refractivity contribution in [1.29, 1.82) is 0 Å². The Hall–Kier alpha value is -2.48. The van der Waals surface area contributed by atoms with E-state index in [2.05, 4.69) is 9.88 Å². The van der Waals surface area contributed by atoms with E-state index in [1.165, 1.54) is 0 Å². The van der Waals surface area contributed by atoms with E-state index < -0.39 is 0 Å². The number of thiazole rings is 1. The Morgan fingerprint density at radius 1 is 1.04 bits per heavy atom. The highest BCUT2D eigenvalue weighted by Gasteiger charge is 2.25. The number of hydrogen-bond donors (Lipinski definition) is 0. The van der Waals surface area contributed by atoms with Crippen molar-refractivity contribution in [2.75, 3.05) is 52.4 Å². The summed E-state index contributed by atoms with van der Waals surface area (Å²) in [6.07, 6.45) is 1.80. The summed E-state index contributed by atoms with van der Waals surface area (Å²) in [5, 5.41) is 2.96. The molecule has 7 nitrogen and oxygen atoms in total. The van der Waals surface area contributed by atoms with Crippen LogP contribution in [0.2, 0.25) is 0 Å². The van der Waals surface area contributed by atoms with Crippen molar-refractivity contribution in [1.82, 2.24) is 9.88 Å². The Kier molecular flexibility index (Phi) is 5.28. The number of ether oxygens (including phenoxy) is 3. The predicted molar refractivity (Wildman–Crippen MR) is 96.3 cm³/mol. The fourth-order valence-electron chi connectivity index (χ4n) is 2.86. The van der Waals surface area contributed by atoms with Crippen molar-refractivity contribution in [3.63, 3.8) is 0 Å². The average Bonchev–Trinajstić information content (AvgIpc) is 3.21. The Morgan fingerprint density at radius 3 is 2.16 bits per heavy atom. The van der Waals surface area contributed by atoms with E-state index in [0.717, 1.165) is 18.2 Å². The minimum Gasteiger partial charge on any atom is -0.493 e. The second-order valence-corrected chi connectivity index (χ2v) is 6.38. The van der Waals surface area contributed by atoms with Gasteiger partial charge in [-0.1, -0.05) is 0 Å². The second-order valence-electron chi connectivity index (χ2n) is 5.51. The normalized spacial score (nSPS) is 14.4. The molecule has 1 aliphatic rings. The SMILES string of the molecule is COc1cc(C(=O)N2CCN(c3nccs3)CC2)cc(OC)c1OC. The molecule has 0 bridgehead atoms. The lowest BCUT2D eigenvalue weighted by atomic mass is 10.1. The molecule has 25 heavy (non-hydrogen) atoms. The van der Waals surface area contributed by atoms with Crippen molar-refractivity contribution in [2.24, 2.45) is 0 Å². The van der Waals surface area contributed by atoms with Crippen molar-refractivity contribution in [3.05, 3.63) is 29.3 Å². The van der Waals surface area contributed by atoms with Gasteiger partial charge in [-0.25, -0.2) is 4.98 Å². The Balaban J connectivity index is 1.75. The third-order valence-electron chi connectivity index (χ3n) is 4.17. The molecule has 1 fully saturated rings. The summed E-state index contributed by atoms with van der Waals surface area (Å²) in [6.45, 7) is 2.83. The zero-order valence-corrected chi connectivity index (χ0v) is 15.3. The van der Waals surface area contributed by atoms with Gasteiger partial charge in [0.2, 0.25) is 5.75 Å². The largest absolute Gasteiger partial charge is 0.493 e. The monoisotopic (exact) mass is 363 g/mol. The van der Waals surface area contributed by atoms with Gasteiger partial charge in [0.25, 0.3) is 5.91 Å². The molecule has 0 radical (unpaired) electrons. The van der Waals surface area contributed by atoms with E-state index in [0.29, 0.717) is 35.9 Å². The number of aromatic nitrogens is 1. The summed E-state index contributed by atoms with van der Waals surface area (Å²) in [7, 11) is 4.62. The number of carbonyl (C=O) groups excluding carboxylic acids is 1. The number of benzene rings is 1. The molecule has 1 aromatic heterocycles. The van der Waals surface area contributed by atoms with Gasteiger partial charge in [-0.3, -0.25) is 4.79 Å². The van der Waals surface area contributed by atoms with Crippen LogP contribution in [0.5, 0.6) is 17.2 Å². The Labute approximate surface area is 150 Å². The number of methoxy groups -OCH3 is 3. The highest BCUT2D eigenvalue weighted by atomic mass is 32.1. The molecule has 3 rings (SSSR count). The van der Waals surface area contributed by atoms with Crippen LogP contribution in [0.15, 0.2) is 23.7 Å². The minimum atomic E-state index is -0.0435. The van der Waals surface area contributed by atoms with Gasteiger partial charge in [0.05, 0.1) is 21.3 Å². The van der Waals surface area contributed by atoms with Crippen molar-refractivity contribution >= 4 is 22.4 Å². The molecule has 2 heterocycles. The fourth-order valence-corrected chi connectivity index (χ4v) is 3.56. The van der Waals surface area contributed by atoms with Gasteiger partial charge < -0.3 is 24.0 Å². The Bertz CT molecular complexity index is 702. The molecule has 134 valence electrons. The first-order valence-corrected chi connectivity index (χ1v) is 8.79. The lowest BCUT2D eigenvalue weighted by Gasteiger charge is -2.34. The van der Waals surface area contributed by atoms with Crippen LogP contribution in [0.1, 0.15) is 10.4 Å². The smallest absolute Gasteiger partial charge is 0.254 e. The molecule has 0 unspecified atom stereocenters. The van der Waals surface area contributed by atoms with Crippen LogP contribution in [0.3, 0.4) is 0 Å². The molecule has 1 amide bonds. The first-order chi connectivity index (χ1) is 12.2. The van der Waals surface area contributed by atoms with E-state index in [-0.39, 0.29) is 5.91 Å². The topological polar surface area (TPSA) is 64.1 Å². The van der Waals surface area contributed by atoms with Crippen molar-refractivity contribution < 1.29 is 19.0 Å². The predicted octanol–water partition coefficient (Wildman–Crippen LogP) is 2.13. The molecule has 2 aromatic rings. The number of carbonyl (C=O) groups is 1. The highest BCUT2D eigenvalue weighted by Crippen LogP contribution is 2.38. The van der Waals surface area contributed by atoms with E-state index in [4.69, 9.17) is 14.2 Å². The molecule has 1 saturated heterocycles. The van der Waals surface area contributed by atoms with Crippen molar-refractivity contribution in [3.8, 4) is 17.2 Å². The molecular formula is C17H21N3O4S.